The summed E-state index contributed by atoms with van der Waals surface area (Å²) >= 11 is 0. The van der Waals surface area contributed by atoms with Gasteiger partial charge in [0.1, 0.15) is 5.75 Å². The number of carbonyl (C=O) groups excluding carboxylic acids is 1. The van der Waals surface area contributed by atoms with Gasteiger partial charge in [0.15, 0.2) is 0 Å². The predicted molar refractivity (Wildman–Crippen MR) is 119 cm³/mol. The van der Waals surface area contributed by atoms with E-state index >= 15 is 0 Å². The highest BCUT2D eigenvalue weighted by Crippen LogP contribution is 2.23. The average molecular weight is 425 g/mol. The molecule has 1 amide bonds. The van der Waals surface area contributed by atoms with Crippen LogP contribution in [0.15, 0.2) is 71.6 Å². The lowest BCUT2D eigenvalue weighted by Crippen LogP contribution is -2.16. The van der Waals surface area contributed by atoms with E-state index in [1.54, 1.807) is 37.3 Å². The molecule has 6 nitrogen and oxygen atoms in total. The Hall–Kier alpha value is -3.32. The number of methoxy groups -OCH3 is 1. The maximum absolute atomic E-state index is 12.7. The van der Waals surface area contributed by atoms with Crippen LogP contribution in [-0.2, 0) is 16.4 Å². The van der Waals surface area contributed by atoms with E-state index < -0.39 is 10.0 Å². The van der Waals surface area contributed by atoms with Gasteiger partial charge in [0, 0.05) is 11.3 Å². The van der Waals surface area contributed by atoms with Crippen molar-refractivity contribution in [2.45, 2.75) is 25.2 Å². The molecule has 0 saturated heterocycles. The fourth-order valence-electron chi connectivity index (χ4n) is 3.02. The van der Waals surface area contributed by atoms with Crippen LogP contribution in [0.4, 0.5) is 11.4 Å². The molecule has 0 spiro atoms. The van der Waals surface area contributed by atoms with E-state index in [9.17, 15) is 13.2 Å². The lowest BCUT2D eigenvalue weighted by Gasteiger charge is -2.13. The number of carbonyl (C=O) groups is 1. The molecule has 0 saturated carbocycles. The number of rotatable bonds is 7. The largest absolute Gasteiger partial charge is 0.497 e. The van der Waals surface area contributed by atoms with Crippen LogP contribution < -0.4 is 14.8 Å². The third-order valence-corrected chi connectivity index (χ3v) is 6.13. The van der Waals surface area contributed by atoms with E-state index in [2.05, 4.69) is 10.0 Å². The van der Waals surface area contributed by atoms with E-state index in [1.807, 2.05) is 31.2 Å². The fourth-order valence-corrected chi connectivity index (χ4v) is 4.15. The van der Waals surface area contributed by atoms with E-state index in [0.29, 0.717) is 22.6 Å². The number of aryl methyl sites for hydroxylation is 2. The topological polar surface area (TPSA) is 84.5 Å². The Kier molecular flexibility index (Phi) is 6.42. The lowest BCUT2D eigenvalue weighted by molar-refractivity contribution is 0.102. The Morgan fingerprint density at radius 3 is 2.30 bits per heavy atom. The molecule has 30 heavy (non-hydrogen) atoms. The van der Waals surface area contributed by atoms with E-state index in [-0.39, 0.29) is 10.8 Å². The number of nitrogens with one attached hydrogen (secondary N) is 2. The number of sulfonamides is 1. The number of hydrogen-bond donors (Lipinski definition) is 2. The second-order valence-corrected chi connectivity index (χ2v) is 8.46. The molecule has 156 valence electrons. The summed E-state index contributed by atoms with van der Waals surface area (Å²) in [5, 5.41) is 2.92. The predicted octanol–water partition coefficient (Wildman–Crippen LogP) is 4.62. The van der Waals surface area contributed by atoms with Gasteiger partial charge in [0.05, 0.1) is 17.7 Å². The maximum Gasteiger partial charge on any atom is 0.261 e. The first-order valence-electron chi connectivity index (χ1n) is 9.51. The van der Waals surface area contributed by atoms with Gasteiger partial charge in [0.2, 0.25) is 0 Å². The molecule has 3 rings (SSSR count). The van der Waals surface area contributed by atoms with Gasteiger partial charge >= 0.3 is 0 Å². The minimum Gasteiger partial charge on any atom is -0.497 e. The van der Waals surface area contributed by atoms with Gasteiger partial charge in [-0.3, -0.25) is 9.52 Å². The van der Waals surface area contributed by atoms with Crippen molar-refractivity contribution in [3.05, 3.63) is 83.4 Å². The molecule has 0 fully saturated rings. The van der Waals surface area contributed by atoms with Crippen molar-refractivity contribution < 1.29 is 17.9 Å². The van der Waals surface area contributed by atoms with Crippen molar-refractivity contribution >= 4 is 27.3 Å². The second kappa shape index (κ2) is 9.00. The lowest BCUT2D eigenvalue weighted by atomic mass is 10.1. The molecule has 0 aliphatic carbocycles. The van der Waals surface area contributed by atoms with Gasteiger partial charge in [-0.05, 0) is 73.0 Å². The molecule has 7 heteroatoms. The Labute approximate surface area is 177 Å². The standard InChI is InChI=1S/C23H24N2O4S/c1-4-17-7-5-6-8-22(17)24-23(26)18-9-14-21(16(2)15-18)25-30(27,28)20-12-10-19(29-3)11-13-20/h5-15,25H,4H2,1-3H3,(H,24,26). The number of hydrogen-bond acceptors (Lipinski definition) is 4. The zero-order chi connectivity index (χ0) is 21.7. The van der Waals surface area contributed by atoms with Crippen molar-refractivity contribution in [2.75, 3.05) is 17.1 Å². The number of ether oxygens (including phenoxy) is 1. The zero-order valence-electron chi connectivity index (χ0n) is 17.1. The van der Waals surface area contributed by atoms with Crippen LogP contribution in [-0.4, -0.2) is 21.4 Å². The molecule has 0 bridgehead atoms. The van der Waals surface area contributed by atoms with Gasteiger partial charge in [-0.25, -0.2) is 8.42 Å². The van der Waals surface area contributed by atoms with E-state index in [4.69, 9.17) is 4.74 Å². The van der Waals surface area contributed by atoms with Crippen molar-refractivity contribution in [1.82, 2.24) is 0 Å². The first-order chi connectivity index (χ1) is 14.3. The van der Waals surface area contributed by atoms with Crippen LogP contribution in [0.5, 0.6) is 5.75 Å². The first-order valence-corrected chi connectivity index (χ1v) is 11.0. The molecule has 0 atom stereocenters. The number of benzene rings is 3. The Balaban J connectivity index is 1.78. The van der Waals surface area contributed by atoms with Crippen LogP contribution in [0, 0.1) is 6.92 Å². The summed E-state index contributed by atoms with van der Waals surface area (Å²) in [4.78, 5) is 12.8. The molecule has 3 aromatic rings. The minimum absolute atomic E-state index is 0.126. The molecular formula is C23H24N2O4S. The average Bonchev–Trinajstić information content (AvgIpc) is 2.75. The number of amides is 1. The summed E-state index contributed by atoms with van der Waals surface area (Å²) in [6.07, 6.45) is 0.807. The highest BCUT2D eigenvalue weighted by molar-refractivity contribution is 7.92. The summed E-state index contributed by atoms with van der Waals surface area (Å²) in [7, 11) is -2.24. The number of para-hydroxylation sites is 1. The van der Waals surface area contributed by atoms with Gasteiger partial charge in [-0.1, -0.05) is 25.1 Å². The SMILES string of the molecule is CCc1ccccc1NC(=O)c1ccc(NS(=O)(=O)c2ccc(OC)cc2)c(C)c1. The highest BCUT2D eigenvalue weighted by atomic mass is 32.2. The quantitative estimate of drug-likeness (QED) is 0.580. The number of anilines is 2. The maximum atomic E-state index is 12.7. The summed E-state index contributed by atoms with van der Waals surface area (Å²) in [5.74, 6) is 0.328. The summed E-state index contributed by atoms with van der Waals surface area (Å²) in [6.45, 7) is 3.78. The molecule has 0 aromatic heterocycles. The summed E-state index contributed by atoms with van der Waals surface area (Å²) in [6, 6.07) is 18.6. The molecule has 0 aliphatic rings. The Morgan fingerprint density at radius 2 is 1.67 bits per heavy atom. The fraction of sp³-hybridized carbons (Fsp3) is 0.174. The van der Waals surface area contributed by atoms with Crippen molar-refractivity contribution in [3.63, 3.8) is 0 Å². The normalized spacial score (nSPS) is 11.0. The van der Waals surface area contributed by atoms with Gasteiger partial charge in [0.25, 0.3) is 15.9 Å². The van der Waals surface area contributed by atoms with Crippen LogP contribution in [0.1, 0.15) is 28.4 Å². The highest BCUT2D eigenvalue weighted by Gasteiger charge is 2.17. The molecule has 0 heterocycles. The first kappa shape index (κ1) is 21.4. The van der Waals surface area contributed by atoms with Gasteiger partial charge < -0.3 is 10.1 Å². The van der Waals surface area contributed by atoms with Crippen LogP contribution >= 0.6 is 0 Å². The molecule has 0 unspecified atom stereocenters. The molecule has 3 aromatic carbocycles. The molecule has 0 aliphatic heterocycles. The Bertz CT molecular complexity index is 1160. The Morgan fingerprint density at radius 1 is 0.967 bits per heavy atom. The molecular weight excluding hydrogens is 400 g/mol. The monoisotopic (exact) mass is 424 g/mol. The van der Waals surface area contributed by atoms with Crippen LogP contribution in [0.2, 0.25) is 0 Å². The zero-order valence-corrected chi connectivity index (χ0v) is 17.9. The second-order valence-electron chi connectivity index (χ2n) is 6.78. The van der Waals surface area contributed by atoms with Crippen molar-refractivity contribution in [3.8, 4) is 5.75 Å². The molecule has 0 radical (unpaired) electrons. The van der Waals surface area contributed by atoms with Crippen molar-refractivity contribution in [1.29, 1.82) is 0 Å². The third-order valence-electron chi connectivity index (χ3n) is 4.75. The summed E-state index contributed by atoms with van der Waals surface area (Å²) < 4.78 is 32.9. The van der Waals surface area contributed by atoms with Gasteiger partial charge in [-0.2, -0.15) is 0 Å². The minimum atomic E-state index is -3.76. The van der Waals surface area contributed by atoms with Crippen LogP contribution in [0.3, 0.4) is 0 Å². The summed E-state index contributed by atoms with van der Waals surface area (Å²) in [5.41, 5.74) is 3.32. The van der Waals surface area contributed by atoms with E-state index in [0.717, 1.165) is 17.7 Å². The van der Waals surface area contributed by atoms with Crippen LogP contribution in [0.25, 0.3) is 0 Å². The van der Waals surface area contributed by atoms with Crippen molar-refractivity contribution in [2.24, 2.45) is 0 Å². The molecule has 2 N–H and O–H groups in total. The third kappa shape index (κ3) is 4.80. The smallest absolute Gasteiger partial charge is 0.261 e. The van der Waals surface area contributed by atoms with Gasteiger partial charge in [-0.15, -0.1) is 0 Å². The van der Waals surface area contributed by atoms with E-state index in [1.165, 1.54) is 19.2 Å².